The Bertz CT molecular complexity index is 164. The number of hydrogen-bond acceptors (Lipinski definition) is 3. The highest BCUT2D eigenvalue weighted by molar-refractivity contribution is 4.82. The highest BCUT2D eigenvalue weighted by atomic mass is 16.7. The summed E-state index contributed by atoms with van der Waals surface area (Å²) in [6.07, 6.45) is 6.64. The molecule has 0 bridgehead atoms. The average molecular weight is 186 g/mol. The van der Waals surface area contributed by atoms with Gasteiger partial charge in [0.15, 0.2) is 5.79 Å². The SMILES string of the molecule is OCC[C@@H]1COC2(CCCCC2)O1. The predicted molar refractivity (Wildman–Crippen MR) is 48.3 cm³/mol. The summed E-state index contributed by atoms with van der Waals surface area (Å²) in [5.41, 5.74) is 0. The molecule has 1 heterocycles. The molecular weight excluding hydrogens is 168 g/mol. The van der Waals surface area contributed by atoms with Gasteiger partial charge in [0.2, 0.25) is 0 Å². The third-order valence-electron chi connectivity index (χ3n) is 2.98. The molecule has 0 unspecified atom stereocenters. The molecule has 76 valence electrons. The first-order valence-electron chi connectivity index (χ1n) is 5.27. The van der Waals surface area contributed by atoms with Crippen LogP contribution in [-0.2, 0) is 9.47 Å². The summed E-state index contributed by atoms with van der Waals surface area (Å²) in [7, 11) is 0. The van der Waals surface area contributed by atoms with Crippen LogP contribution in [0.5, 0.6) is 0 Å². The average Bonchev–Trinajstić information content (AvgIpc) is 2.51. The van der Waals surface area contributed by atoms with Crippen LogP contribution in [0, 0.1) is 0 Å². The van der Waals surface area contributed by atoms with Crippen LogP contribution in [0.4, 0.5) is 0 Å². The van der Waals surface area contributed by atoms with Crippen molar-refractivity contribution in [2.24, 2.45) is 0 Å². The summed E-state index contributed by atoms with van der Waals surface area (Å²) in [5.74, 6) is -0.266. The second-order valence-electron chi connectivity index (χ2n) is 4.03. The van der Waals surface area contributed by atoms with Crippen molar-refractivity contribution < 1.29 is 14.6 Å². The van der Waals surface area contributed by atoms with Crippen molar-refractivity contribution in [2.45, 2.75) is 50.4 Å². The smallest absolute Gasteiger partial charge is 0.168 e. The van der Waals surface area contributed by atoms with Crippen LogP contribution in [0.1, 0.15) is 38.5 Å². The van der Waals surface area contributed by atoms with Crippen LogP contribution in [-0.4, -0.2) is 30.2 Å². The van der Waals surface area contributed by atoms with Crippen LogP contribution >= 0.6 is 0 Å². The second kappa shape index (κ2) is 3.95. The fourth-order valence-corrected chi connectivity index (χ4v) is 2.26. The predicted octanol–water partition coefficient (Wildman–Crippen LogP) is 1.44. The van der Waals surface area contributed by atoms with Crippen LogP contribution in [0.25, 0.3) is 0 Å². The van der Waals surface area contributed by atoms with Crippen LogP contribution in [0.15, 0.2) is 0 Å². The Morgan fingerprint density at radius 1 is 1.23 bits per heavy atom. The van der Waals surface area contributed by atoms with Crippen molar-refractivity contribution in [1.82, 2.24) is 0 Å². The van der Waals surface area contributed by atoms with Gasteiger partial charge < -0.3 is 14.6 Å². The number of ether oxygens (including phenoxy) is 2. The maximum absolute atomic E-state index is 8.78. The van der Waals surface area contributed by atoms with Crippen molar-refractivity contribution in [2.75, 3.05) is 13.2 Å². The van der Waals surface area contributed by atoms with Gasteiger partial charge in [-0.1, -0.05) is 6.42 Å². The zero-order valence-electron chi connectivity index (χ0n) is 8.00. The highest BCUT2D eigenvalue weighted by Crippen LogP contribution is 2.38. The zero-order chi connectivity index (χ0) is 9.15. The Morgan fingerprint density at radius 3 is 2.69 bits per heavy atom. The van der Waals surface area contributed by atoms with E-state index in [1.165, 1.54) is 19.3 Å². The molecule has 0 radical (unpaired) electrons. The van der Waals surface area contributed by atoms with E-state index < -0.39 is 0 Å². The molecule has 1 aliphatic carbocycles. The second-order valence-corrected chi connectivity index (χ2v) is 4.03. The summed E-state index contributed by atoms with van der Waals surface area (Å²) in [6.45, 7) is 0.866. The molecule has 0 amide bonds. The first kappa shape index (κ1) is 9.44. The lowest BCUT2D eigenvalue weighted by atomic mass is 9.94. The molecule has 2 aliphatic rings. The quantitative estimate of drug-likeness (QED) is 0.709. The molecule has 1 spiro atoms. The molecule has 0 aromatic heterocycles. The van der Waals surface area contributed by atoms with Crippen molar-refractivity contribution in [1.29, 1.82) is 0 Å². The van der Waals surface area contributed by atoms with Gasteiger partial charge in [-0.05, 0) is 19.3 Å². The number of aliphatic hydroxyl groups is 1. The molecule has 1 saturated heterocycles. The van der Waals surface area contributed by atoms with E-state index in [2.05, 4.69) is 0 Å². The molecule has 13 heavy (non-hydrogen) atoms. The van der Waals surface area contributed by atoms with Gasteiger partial charge in [-0.3, -0.25) is 0 Å². The Kier molecular flexibility index (Phi) is 2.86. The monoisotopic (exact) mass is 186 g/mol. The van der Waals surface area contributed by atoms with Gasteiger partial charge in [0.05, 0.1) is 12.7 Å². The molecule has 0 aromatic carbocycles. The summed E-state index contributed by atoms with van der Waals surface area (Å²) < 4.78 is 11.6. The van der Waals surface area contributed by atoms with Gasteiger partial charge in [-0.2, -0.15) is 0 Å². The van der Waals surface area contributed by atoms with Gasteiger partial charge >= 0.3 is 0 Å². The Labute approximate surface area is 79.0 Å². The molecular formula is C10H18O3. The van der Waals surface area contributed by atoms with E-state index in [9.17, 15) is 0 Å². The van der Waals surface area contributed by atoms with Crippen molar-refractivity contribution >= 4 is 0 Å². The van der Waals surface area contributed by atoms with E-state index in [4.69, 9.17) is 14.6 Å². The van der Waals surface area contributed by atoms with Crippen LogP contribution < -0.4 is 0 Å². The first-order chi connectivity index (χ1) is 6.35. The molecule has 1 saturated carbocycles. The maximum atomic E-state index is 8.78. The van der Waals surface area contributed by atoms with Crippen molar-refractivity contribution in [3.63, 3.8) is 0 Å². The topological polar surface area (TPSA) is 38.7 Å². The van der Waals surface area contributed by atoms with E-state index in [0.717, 1.165) is 12.8 Å². The minimum atomic E-state index is -0.266. The maximum Gasteiger partial charge on any atom is 0.168 e. The third-order valence-corrected chi connectivity index (χ3v) is 2.98. The number of aliphatic hydroxyl groups excluding tert-OH is 1. The lowest BCUT2D eigenvalue weighted by Crippen LogP contribution is -2.33. The third kappa shape index (κ3) is 2.03. The molecule has 0 aromatic rings. The zero-order valence-corrected chi connectivity index (χ0v) is 8.00. The first-order valence-corrected chi connectivity index (χ1v) is 5.27. The molecule has 1 aliphatic heterocycles. The lowest BCUT2D eigenvalue weighted by Gasteiger charge is -2.31. The van der Waals surface area contributed by atoms with E-state index >= 15 is 0 Å². The van der Waals surface area contributed by atoms with Crippen LogP contribution in [0.3, 0.4) is 0 Å². The van der Waals surface area contributed by atoms with E-state index in [1.807, 2.05) is 0 Å². The molecule has 2 fully saturated rings. The molecule has 1 atom stereocenters. The van der Waals surface area contributed by atoms with Gasteiger partial charge in [0.1, 0.15) is 0 Å². The lowest BCUT2D eigenvalue weighted by molar-refractivity contribution is -0.187. The largest absolute Gasteiger partial charge is 0.396 e. The highest BCUT2D eigenvalue weighted by Gasteiger charge is 2.41. The van der Waals surface area contributed by atoms with Gasteiger partial charge in [-0.25, -0.2) is 0 Å². The van der Waals surface area contributed by atoms with Gasteiger partial charge in [0.25, 0.3) is 0 Å². The molecule has 3 heteroatoms. The van der Waals surface area contributed by atoms with Gasteiger partial charge in [0, 0.05) is 19.4 Å². The molecule has 3 nitrogen and oxygen atoms in total. The Hall–Kier alpha value is -0.120. The summed E-state index contributed by atoms with van der Waals surface area (Å²) in [5, 5.41) is 8.78. The normalized spacial score (nSPS) is 32.5. The fourth-order valence-electron chi connectivity index (χ4n) is 2.26. The summed E-state index contributed by atoms with van der Waals surface area (Å²) in [6, 6.07) is 0. The van der Waals surface area contributed by atoms with E-state index in [1.54, 1.807) is 0 Å². The van der Waals surface area contributed by atoms with Gasteiger partial charge in [-0.15, -0.1) is 0 Å². The fraction of sp³-hybridized carbons (Fsp3) is 1.00. The van der Waals surface area contributed by atoms with Crippen molar-refractivity contribution in [3.8, 4) is 0 Å². The minimum Gasteiger partial charge on any atom is -0.396 e. The Balaban J connectivity index is 1.87. The number of rotatable bonds is 2. The standard InChI is InChI=1S/C10H18O3/c11-7-4-9-8-12-10(13-9)5-2-1-3-6-10/h9,11H,1-8H2/t9-/m1/s1. The van der Waals surface area contributed by atoms with Crippen molar-refractivity contribution in [3.05, 3.63) is 0 Å². The summed E-state index contributed by atoms with van der Waals surface area (Å²) >= 11 is 0. The van der Waals surface area contributed by atoms with Crippen LogP contribution in [0.2, 0.25) is 0 Å². The Morgan fingerprint density at radius 2 is 2.00 bits per heavy atom. The molecule has 1 N–H and O–H groups in total. The number of hydrogen-bond donors (Lipinski definition) is 1. The van der Waals surface area contributed by atoms with E-state index in [0.29, 0.717) is 13.0 Å². The van der Waals surface area contributed by atoms with E-state index in [-0.39, 0.29) is 18.5 Å². The summed E-state index contributed by atoms with van der Waals surface area (Å²) in [4.78, 5) is 0. The minimum absolute atomic E-state index is 0.128. The molecule has 2 rings (SSSR count).